The van der Waals surface area contributed by atoms with Gasteiger partial charge in [0, 0.05) is 24.5 Å². The van der Waals surface area contributed by atoms with Crippen molar-refractivity contribution in [2.45, 2.75) is 45.4 Å². The van der Waals surface area contributed by atoms with Crippen LogP contribution in [0.4, 0.5) is 0 Å². The van der Waals surface area contributed by atoms with Crippen molar-refractivity contribution in [1.29, 1.82) is 0 Å². The molecule has 1 saturated heterocycles. The highest BCUT2D eigenvalue weighted by atomic mass is 31.2. The monoisotopic (exact) mass is 233 g/mol. The molecule has 0 bridgehead atoms. The standard InChI is InChI=1S/C11H24NO2P/c1-9(2)15(13,10(3)4)12-7-11-5-6-14-8-11/h9-11H,5-8H2,1-4H3,(H,12,13). The predicted molar refractivity (Wildman–Crippen MR) is 64.8 cm³/mol. The van der Waals surface area contributed by atoms with Crippen molar-refractivity contribution in [3.8, 4) is 0 Å². The van der Waals surface area contributed by atoms with Crippen LogP contribution in [0.5, 0.6) is 0 Å². The first-order valence-electron chi connectivity index (χ1n) is 5.89. The molecular formula is C11H24NO2P. The Kier molecular flexibility index (Phi) is 4.82. The van der Waals surface area contributed by atoms with E-state index in [1.54, 1.807) is 0 Å². The molecule has 90 valence electrons. The maximum atomic E-state index is 12.6. The molecule has 1 atom stereocenters. The zero-order valence-corrected chi connectivity index (χ0v) is 11.2. The number of ether oxygens (including phenoxy) is 1. The zero-order chi connectivity index (χ0) is 11.5. The van der Waals surface area contributed by atoms with E-state index in [-0.39, 0.29) is 11.3 Å². The van der Waals surface area contributed by atoms with Gasteiger partial charge < -0.3 is 9.30 Å². The fourth-order valence-electron chi connectivity index (χ4n) is 1.98. The molecular weight excluding hydrogens is 209 g/mol. The van der Waals surface area contributed by atoms with Crippen LogP contribution >= 0.6 is 7.29 Å². The Morgan fingerprint density at radius 1 is 1.33 bits per heavy atom. The van der Waals surface area contributed by atoms with E-state index in [9.17, 15) is 4.57 Å². The summed E-state index contributed by atoms with van der Waals surface area (Å²) in [4.78, 5) is 0. The first kappa shape index (κ1) is 13.2. The fourth-order valence-corrected chi connectivity index (χ4v) is 4.44. The quantitative estimate of drug-likeness (QED) is 0.742. The molecule has 0 radical (unpaired) electrons. The lowest BCUT2D eigenvalue weighted by Gasteiger charge is -2.28. The number of hydrogen-bond donors (Lipinski definition) is 1. The zero-order valence-electron chi connectivity index (χ0n) is 10.3. The Hall–Kier alpha value is 0.150. The van der Waals surface area contributed by atoms with Gasteiger partial charge in [-0.25, -0.2) is 0 Å². The first-order chi connectivity index (χ1) is 6.97. The molecule has 0 amide bonds. The Morgan fingerprint density at radius 2 is 1.93 bits per heavy atom. The summed E-state index contributed by atoms with van der Waals surface area (Å²) in [5.74, 6) is 0.552. The number of hydrogen-bond acceptors (Lipinski definition) is 2. The van der Waals surface area contributed by atoms with Crippen LogP contribution in [0.2, 0.25) is 0 Å². The minimum Gasteiger partial charge on any atom is -0.381 e. The molecule has 1 unspecified atom stereocenters. The second kappa shape index (κ2) is 5.47. The van der Waals surface area contributed by atoms with Crippen molar-refractivity contribution in [1.82, 2.24) is 5.09 Å². The van der Waals surface area contributed by atoms with Gasteiger partial charge in [0.25, 0.3) is 0 Å². The Morgan fingerprint density at radius 3 is 2.33 bits per heavy atom. The van der Waals surface area contributed by atoms with Crippen molar-refractivity contribution in [2.75, 3.05) is 19.8 Å². The second-order valence-electron chi connectivity index (χ2n) is 4.99. The average Bonchev–Trinajstić information content (AvgIpc) is 2.65. The third-order valence-corrected chi connectivity index (χ3v) is 6.93. The minimum atomic E-state index is -2.22. The van der Waals surface area contributed by atoms with E-state index in [4.69, 9.17) is 4.74 Å². The van der Waals surface area contributed by atoms with Crippen molar-refractivity contribution < 1.29 is 9.30 Å². The van der Waals surface area contributed by atoms with Crippen LogP contribution in [-0.2, 0) is 9.30 Å². The van der Waals surface area contributed by atoms with Crippen LogP contribution in [-0.4, -0.2) is 31.1 Å². The molecule has 1 fully saturated rings. The largest absolute Gasteiger partial charge is 0.381 e. The first-order valence-corrected chi connectivity index (χ1v) is 7.73. The predicted octanol–water partition coefficient (Wildman–Crippen LogP) is 2.71. The Balaban J connectivity index is 2.48. The fraction of sp³-hybridized carbons (Fsp3) is 1.00. The summed E-state index contributed by atoms with van der Waals surface area (Å²) in [5.41, 5.74) is 0.444. The summed E-state index contributed by atoms with van der Waals surface area (Å²) in [6.45, 7) is 10.7. The molecule has 1 rings (SSSR count). The highest BCUT2D eigenvalue weighted by Crippen LogP contribution is 2.50. The highest BCUT2D eigenvalue weighted by molar-refractivity contribution is 7.63. The summed E-state index contributed by atoms with van der Waals surface area (Å²) in [6, 6.07) is 0. The lowest BCUT2D eigenvalue weighted by atomic mass is 10.1. The Labute approximate surface area is 93.4 Å². The van der Waals surface area contributed by atoms with E-state index in [0.29, 0.717) is 5.92 Å². The third kappa shape index (κ3) is 3.30. The van der Waals surface area contributed by atoms with Gasteiger partial charge in [-0.05, 0) is 12.3 Å². The van der Waals surface area contributed by atoms with Gasteiger partial charge >= 0.3 is 0 Å². The van der Waals surface area contributed by atoms with Crippen molar-refractivity contribution in [3.05, 3.63) is 0 Å². The van der Waals surface area contributed by atoms with Crippen LogP contribution in [0.25, 0.3) is 0 Å². The van der Waals surface area contributed by atoms with Gasteiger partial charge in [0.1, 0.15) is 0 Å². The number of nitrogens with one attached hydrogen (secondary N) is 1. The van der Waals surface area contributed by atoms with Gasteiger partial charge in [0.15, 0.2) is 7.29 Å². The lowest BCUT2D eigenvalue weighted by Crippen LogP contribution is -2.27. The van der Waals surface area contributed by atoms with Gasteiger partial charge in [0.2, 0.25) is 0 Å². The second-order valence-corrected chi connectivity index (χ2v) is 8.79. The van der Waals surface area contributed by atoms with E-state index in [1.165, 1.54) is 0 Å². The smallest absolute Gasteiger partial charge is 0.152 e. The molecule has 1 N–H and O–H groups in total. The van der Waals surface area contributed by atoms with Crippen molar-refractivity contribution in [3.63, 3.8) is 0 Å². The van der Waals surface area contributed by atoms with Gasteiger partial charge in [-0.1, -0.05) is 27.7 Å². The number of rotatable bonds is 5. The summed E-state index contributed by atoms with van der Waals surface area (Å²) >= 11 is 0. The summed E-state index contributed by atoms with van der Waals surface area (Å²) in [6.07, 6.45) is 1.10. The van der Waals surface area contributed by atoms with Crippen LogP contribution in [0.15, 0.2) is 0 Å². The van der Waals surface area contributed by atoms with Gasteiger partial charge in [0.05, 0.1) is 6.61 Å². The molecule has 0 aromatic carbocycles. The van der Waals surface area contributed by atoms with Crippen molar-refractivity contribution >= 4 is 7.29 Å². The Bertz CT molecular complexity index is 223. The molecule has 4 heteroatoms. The van der Waals surface area contributed by atoms with E-state index < -0.39 is 7.29 Å². The molecule has 1 aliphatic rings. The van der Waals surface area contributed by atoms with Gasteiger partial charge in [-0.2, -0.15) is 0 Å². The van der Waals surface area contributed by atoms with Crippen LogP contribution < -0.4 is 5.09 Å². The minimum absolute atomic E-state index is 0.222. The van der Waals surface area contributed by atoms with E-state index in [1.807, 2.05) is 27.7 Å². The molecule has 0 aromatic heterocycles. The molecule has 0 spiro atoms. The average molecular weight is 233 g/mol. The molecule has 1 aliphatic heterocycles. The summed E-state index contributed by atoms with van der Waals surface area (Å²) in [7, 11) is -2.22. The SMILES string of the molecule is CC(C)P(=O)(NCC1CCOC1)C(C)C. The van der Waals surface area contributed by atoms with E-state index in [0.717, 1.165) is 26.2 Å². The molecule has 0 aromatic rings. The van der Waals surface area contributed by atoms with E-state index in [2.05, 4.69) is 5.09 Å². The van der Waals surface area contributed by atoms with Crippen molar-refractivity contribution in [2.24, 2.45) is 5.92 Å². The molecule has 1 heterocycles. The van der Waals surface area contributed by atoms with Crippen LogP contribution in [0, 0.1) is 5.92 Å². The normalized spacial score (nSPS) is 22.9. The molecule has 3 nitrogen and oxygen atoms in total. The van der Waals surface area contributed by atoms with Crippen LogP contribution in [0.3, 0.4) is 0 Å². The maximum Gasteiger partial charge on any atom is 0.152 e. The topological polar surface area (TPSA) is 38.3 Å². The summed E-state index contributed by atoms with van der Waals surface area (Å²) < 4.78 is 17.9. The third-order valence-electron chi connectivity index (χ3n) is 3.19. The maximum absolute atomic E-state index is 12.6. The lowest BCUT2D eigenvalue weighted by molar-refractivity contribution is 0.186. The van der Waals surface area contributed by atoms with E-state index >= 15 is 0 Å². The highest BCUT2D eigenvalue weighted by Gasteiger charge is 2.31. The molecule has 15 heavy (non-hydrogen) atoms. The summed E-state index contributed by atoms with van der Waals surface area (Å²) in [5, 5.41) is 3.31. The van der Waals surface area contributed by atoms with Crippen LogP contribution in [0.1, 0.15) is 34.1 Å². The van der Waals surface area contributed by atoms with Gasteiger partial charge in [-0.15, -0.1) is 0 Å². The molecule has 0 aliphatic carbocycles. The molecule has 0 saturated carbocycles. The van der Waals surface area contributed by atoms with Gasteiger partial charge in [-0.3, -0.25) is 5.09 Å².